The summed E-state index contributed by atoms with van der Waals surface area (Å²) in [4.78, 5) is 14.9. The second-order valence-electron chi connectivity index (χ2n) is 6.42. The highest BCUT2D eigenvalue weighted by atomic mass is 16.5. The molecule has 1 N–H and O–H groups in total. The van der Waals surface area contributed by atoms with E-state index in [0.29, 0.717) is 17.9 Å². The van der Waals surface area contributed by atoms with E-state index in [0.717, 1.165) is 18.8 Å². The van der Waals surface area contributed by atoms with Crippen LogP contribution in [0.1, 0.15) is 26.2 Å². The molecule has 3 rings (SSSR count). The third-order valence-corrected chi connectivity index (χ3v) is 4.59. The van der Waals surface area contributed by atoms with E-state index < -0.39 is 6.10 Å². The molecule has 1 atom stereocenters. The first-order chi connectivity index (χ1) is 12.7. The summed E-state index contributed by atoms with van der Waals surface area (Å²) in [5.74, 6) is 1.18. The van der Waals surface area contributed by atoms with Crippen molar-refractivity contribution in [2.75, 3.05) is 30.4 Å². The average Bonchev–Trinajstić information content (AvgIpc) is 3.21. The molecule has 0 radical (unpaired) electrons. The first-order valence-corrected chi connectivity index (χ1v) is 9.16. The van der Waals surface area contributed by atoms with Gasteiger partial charge in [-0.3, -0.25) is 4.79 Å². The topological polar surface area (TPSA) is 50.8 Å². The highest BCUT2D eigenvalue weighted by Crippen LogP contribution is 2.23. The molecule has 1 aliphatic heterocycles. The molecule has 1 saturated heterocycles. The van der Waals surface area contributed by atoms with Crippen LogP contribution in [-0.4, -0.2) is 32.2 Å². The van der Waals surface area contributed by atoms with Gasteiger partial charge in [-0.25, -0.2) is 0 Å². The highest BCUT2D eigenvalue weighted by Gasteiger charge is 2.19. The Labute approximate surface area is 154 Å². The van der Waals surface area contributed by atoms with E-state index in [9.17, 15) is 4.79 Å². The van der Waals surface area contributed by atoms with Crippen molar-refractivity contribution in [2.45, 2.75) is 32.3 Å². The summed E-state index contributed by atoms with van der Waals surface area (Å²) in [6.07, 6.45) is 2.52. The fourth-order valence-electron chi connectivity index (χ4n) is 3.11. The maximum absolute atomic E-state index is 12.6. The van der Waals surface area contributed by atoms with Gasteiger partial charge in [0.1, 0.15) is 11.5 Å². The van der Waals surface area contributed by atoms with Gasteiger partial charge in [0.2, 0.25) is 0 Å². The summed E-state index contributed by atoms with van der Waals surface area (Å²) in [7, 11) is 1.61. The largest absolute Gasteiger partial charge is 0.497 e. The molecular formula is C21H26N2O3. The Morgan fingerprint density at radius 2 is 1.81 bits per heavy atom. The van der Waals surface area contributed by atoms with Gasteiger partial charge in [-0.15, -0.1) is 0 Å². The Balaban J connectivity index is 1.61. The van der Waals surface area contributed by atoms with Crippen LogP contribution in [-0.2, 0) is 4.79 Å². The summed E-state index contributed by atoms with van der Waals surface area (Å²) in [6, 6.07) is 15.3. The molecule has 1 heterocycles. The van der Waals surface area contributed by atoms with E-state index in [2.05, 4.69) is 22.3 Å². The molecule has 5 heteroatoms. The predicted molar refractivity (Wildman–Crippen MR) is 104 cm³/mol. The standard InChI is InChI=1S/C21H26N2O3/c1-3-20(26-19-8-6-7-18(15-19)25-2)21(24)22-16-9-11-17(12-10-16)23-13-4-5-14-23/h6-12,15,20H,3-5,13-14H2,1-2H3,(H,22,24)/t20-/m1/s1. The van der Waals surface area contributed by atoms with Crippen LogP contribution < -0.4 is 19.7 Å². The Morgan fingerprint density at radius 1 is 1.12 bits per heavy atom. The van der Waals surface area contributed by atoms with Crippen molar-refractivity contribution in [2.24, 2.45) is 0 Å². The number of carbonyl (C=O) groups excluding carboxylic acids is 1. The highest BCUT2D eigenvalue weighted by molar-refractivity contribution is 5.94. The summed E-state index contributed by atoms with van der Waals surface area (Å²) in [5.41, 5.74) is 1.99. The molecule has 0 aromatic heterocycles. The second kappa shape index (κ2) is 8.61. The van der Waals surface area contributed by atoms with Crippen molar-refractivity contribution in [3.8, 4) is 11.5 Å². The number of nitrogens with one attached hydrogen (secondary N) is 1. The van der Waals surface area contributed by atoms with Gasteiger partial charge < -0.3 is 19.7 Å². The third kappa shape index (κ3) is 4.48. The van der Waals surface area contributed by atoms with Crippen LogP contribution in [0.5, 0.6) is 11.5 Å². The van der Waals surface area contributed by atoms with Crippen molar-refractivity contribution >= 4 is 17.3 Å². The molecule has 2 aromatic rings. The van der Waals surface area contributed by atoms with Crippen LogP contribution in [0.4, 0.5) is 11.4 Å². The van der Waals surface area contributed by atoms with E-state index in [-0.39, 0.29) is 5.91 Å². The van der Waals surface area contributed by atoms with E-state index in [1.54, 1.807) is 13.2 Å². The third-order valence-electron chi connectivity index (χ3n) is 4.59. The van der Waals surface area contributed by atoms with Crippen LogP contribution in [0.15, 0.2) is 48.5 Å². The van der Waals surface area contributed by atoms with Crippen LogP contribution in [0.2, 0.25) is 0 Å². The Hall–Kier alpha value is -2.69. The Kier molecular flexibility index (Phi) is 6.00. The minimum absolute atomic E-state index is 0.149. The van der Waals surface area contributed by atoms with Crippen molar-refractivity contribution in [1.29, 1.82) is 0 Å². The average molecular weight is 354 g/mol. The molecule has 26 heavy (non-hydrogen) atoms. The molecule has 0 spiro atoms. The zero-order valence-corrected chi connectivity index (χ0v) is 15.4. The summed E-state index contributed by atoms with van der Waals surface area (Å²) < 4.78 is 11.0. The molecule has 0 unspecified atom stereocenters. The van der Waals surface area contributed by atoms with Crippen LogP contribution in [0.25, 0.3) is 0 Å². The molecule has 0 saturated carbocycles. The lowest BCUT2D eigenvalue weighted by Gasteiger charge is -2.19. The van der Waals surface area contributed by atoms with Crippen molar-refractivity contribution < 1.29 is 14.3 Å². The normalized spacial score (nSPS) is 14.8. The number of amides is 1. The quantitative estimate of drug-likeness (QED) is 0.814. The van der Waals surface area contributed by atoms with Gasteiger partial charge >= 0.3 is 0 Å². The lowest BCUT2D eigenvalue weighted by molar-refractivity contribution is -0.122. The number of hydrogen-bond donors (Lipinski definition) is 1. The van der Waals surface area contributed by atoms with Gasteiger partial charge in [0.15, 0.2) is 6.10 Å². The minimum Gasteiger partial charge on any atom is -0.497 e. The zero-order valence-electron chi connectivity index (χ0n) is 15.4. The predicted octanol–water partition coefficient (Wildman–Crippen LogP) is 4.09. The van der Waals surface area contributed by atoms with Gasteiger partial charge in [-0.05, 0) is 55.7 Å². The van der Waals surface area contributed by atoms with Crippen molar-refractivity contribution in [3.63, 3.8) is 0 Å². The first kappa shape index (κ1) is 18.1. The SMILES string of the molecule is CC[C@@H](Oc1cccc(OC)c1)C(=O)Nc1ccc(N2CCCC2)cc1. The molecule has 5 nitrogen and oxygen atoms in total. The van der Waals surface area contributed by atoms with Crippen molar-refractivity contribution in [3.05, 3.63) is 48.5 Å². The molecule has 0 aliphatic carbocycles. The summed E-state index contributed by atoms with van der Waals surface area (Å²) >= 11 is 0. The number of anilines is 2. The van der Waals surface area contributed by atoms with E-state index in [1.165, 1.54) is 18.5 Å². The number of methoxy groups -OCH3 is 1. The number of hydrogen-bond acceptors (Lipinski definition) is 4. The monoisotopic (exact) mass is 354 g/mol. The van der Waals surface area contributed by atoms with E-state index in [4.69, 9.17) is 9.47 Å². The van der Waals surface area contributed by atoms with Gasteiger partial charge in [-0.1, -0.05) is 13.0 Å². The number of benzene rings is 2. The lowest BCUT2D eigenvalue weighted by atomic mass is 10.2. The molecular weight excluding hydrogens is 328 g/mol. The maximum atomic E-state index is 12.6. The molecule has 138 valence electrons. The smallest absolute Gasteiger partial charge is 0.265 e. The van der Waals surface area contributed by atoms with Crippen LogP contribution in [0.3, 0.4) is 0 Å². The molecule has 1 amide bonds. The van der Waals surface area contributed by atoms with E-state index in [1.807, 2.05) is 37.3 Å². The van der Waals surface area contributed by atoms with Crippen LogP contribution >= 0.6 is 0 Å². The molecule has 1 fully saturated rings. The van der Waals surface area contributed by atoms with Gasteiger partial charge in [-0.2, -0.15) is 0 Å². The van der Waals surface area contributed by atoms with E-state index >= 15 is 0 Å². The van der Waals surface area contributed by atoms with Gasteiger partial charge in [0.05, 0.1) is 7.11 Å². The van der Waals surface area contributed by atoms with Gasteiger partial charge in [0.25, 0.3) is 5.91 Å². The number of carbonyl (C=O) groups is 1. The lowest BCUT2D eigenvalue weighted by Crippen LogP contribution is -2.32. The second-order valence-corrected chi connectivity index (χ2v) is 6.42. The van der Waals surface area contributed by atoms with Crippen molar-refractivity contribution in [1.82, 2.24) is 0 Å². The minimum atomic E-state index is -0.555. The van der Waals surface area contributed by atoms with Crippen LogP contribution in [0, 0.1) is 0 Å². The first-order valence-electron chi connectivity index (χ1n) is 9.16. The Morgan fingerprint density at radius 3 is 2.46 bits per heavy atom. The number of nitrogens with zero attached hydrogens (tertiary/aromatic N) is 1. The molecule has 0 bridgehead atoms. The molecule has 2 aromatic carbocycles. The molecule has 1 aliphatic rings. The summed E-state index contributed by atoms with van der Waals surface area (Å²) in [5, 5.41) is 2.95. The Bertz CT molecular complexity index is 724. The zero-order chi connectivity index (χ0) is 18.4. The maximum Gasteiger partial charge on any atom is 0.265 e. The number of ether oxygens (including phenoxy) is 2. The van der Waals surface area contributed by atoms with Gasteiger partial charge in [0, 0.05) is 30.5 Å². The fourth-order valence-corrected chi connectivity index (χ4v) is 3.11. The fraction of sp³-hybridized carbons (Fsp3) is 0.381. The number of rotatable bonds is 7. The summed E-state index contributed by atoms with van der Waals surface area (Å²) in [6.45, 7) is 4.15.